The second kappa shape index (κ2) is 9.58. The van der Waals surface area contributed by atoms with Crippen molar-refractivity contribution in [3.63, 3.8) is 0 Å². The highest BCUT2D eigenvalue weighted by atomic mass is 16.3. The number of aryl methyl sites for hydroxylation is 1. The van der Waals surface area contributed by atoms with E-state index in [9.17, 15) is 4.79 Å². The van der Waals surface area contributed by atoms with Gasteiger partial charge in [0.05, 0.1) is 11.3 Å². The molecule has 1 aliphatic rings. The summed E-state index contributed by atoms with van der Waals surface area (Å²) in [6, 6.07) is 9.88. The van der Waals surface area contributed by atoms with E-state index in [1.165, 1.54) is 0 Å². The highest BCUT2D eigenvalue weighted by Crippen LogP contribution is 2.29. The maximum atomic E-state index is 12.8. The normalized spacial score (nSPS) is 15.6. The highest BCUT2D eigenvalue weighted by molar-refractivity contribution is 5.95. The van der Waals surface area contributed by atoms with Gasteiger partial charge in [-0.1, -0.05) is 30.3 Å². The summed E-state index contributed by atoms with van der Waals surface area (Å²) < 4.78 is 0. The lowest BCUT2D eigenvalue weighted by Gasteiger charge is -2.32. The fourth-order valence-corrected chi connectivity index (χ4v) is 3.57. The Kier molecular flexibility index (Phi) is 6.90. The zero-order chi connectivity index (χ0) is 19.1. The second-order valence-corrected chi connectivity index (χ2v) is 7.08. The molecule has 27 heavy (non-hydrogen) atoms. The zero-order valence-corrected chi connectivity index (χ0v) is 15.9. The van der Waals surface area contributed by atoms with Crippen molar-refractivity contribution in [3.8, 4) is 0 Å². The molecular formula is C21H28N4O2. The molecule has 3 rings (SSSR count). The standard InChI is InChI=1S/C21H28N4O2/c1-16-22-15-19(21(27)23-14-17-6-3-2-4-7-17)20(24-16)18-8-11-25(12-9-18)10-5-13-26/h2-4,6-7,15,18,26H,5,8-14H2,1H3,(H,23,27). The van der Waals surface area contributed by atoms with Crippen molar-refractivity contribution in [1.29, 1.82) is 0 Å². The Balaban J connectivity index is 1.67. The van der Waals surface area contributed by atoms with Crippen LogP contribution in [0.3, 0.4) is 0 Å². The van der Waals surface area contributed by atoms with Gasteiger partial charge in [0, 0.05) is 31.8 Å². The molecule has 0 unspecified atom stereocenters. The van der Waals surface area contributed by atoms with Gasteiger partial charge in [-0.3, -0.25) is 4.79 Å². The van der Waals surface area contributed by atoms with Crippen LogP contribution in [-0.2, 0) is 6.54 Å². The SMILES string of the molecule is Cc1ncc(C(=O)NCc2ccccc2)c(C2CCN(CCCO)CC2)n1. The largest absolute Gasteiger partial charge is 0.396 e. The topological polar surface area (TPSA) is 78.4 Å². The van der Waals surface area contributed by atoms with Gasteiger partial charge in [-0.15, -0.1) is 0 Å². The molecule has 0 aliphatic carbocycles. The summed E-state index contributed by atoms with van der Waals surface area (Å²) in [6.07, 6.45) is 4.42. The van der Waals surface area contributed by atoms with Gasteiger partial charge in [0.25, 0.3) is 5.91 Å². The first-order valence-electron chi connectivity index (χ1n) is 9.66. The number of hydrogen-bond donors (Lipinski definition) is 2. The number of piperidine rings is 1. The quantitative estimate of drug-likeness (QED) is 0.784. The number of carbonyl (C=O) groups is 1. The number of benzene rings is 1. The minimum absolute atomic E-state index is 0.114. The van der Waals surface area contributed by atoms with E-state index in [2.05, 4.69) is 20.2 Å². The molecule has 144 valence electrons. The lowest BCUT2D eigenvalue weighted by Crippen LogP contribution is -2.35. The Morgan fingerprint density at radius 3 is 2.70 bits per heavy atom. The predicted octanol–water partition coefficient (Wildman–Crippen LogP) is 2.28. The fraction of sp³-hybridized carbons (Fsp3) is 0.476. The Hall–Kier alpha value is -2.31. The van der Waals surface area contributed by atoms with Gasteiger partial charge in [-0.05, 0) is 44.8 Å². The number of nitrogens with one attached hydrogen (secondary N) is 1. The average Bonchev–Trinajstić information content (AvgIpc) is 2.71. The van der Waals surface area contributed by atoms with Gasteiger partial charge < -0.3 is 15.3 Å². The van der Waals surface area contributed by atoms with Crippen molar-refractivity contribution in [2.24, 2.45) is 0 Å². The number of aromatic nitrogens is 2. The zero-order valence-electron chi connectivity index (χ0n) is 15.9. The minimum atomic E-state index is -0.114. The van der Waals surface area contributed by atoms with Crippen LogP contribution in [0.4, 0.5) is 0 Å². The van der Waals surface area contributed by atoms with E-state index in [1.807, 2.05) is 37.3 Å². The van der Waals surface area contributed by atoms with E-state index in [0.717, 1.165) is 50.2 Å². The average molecular weight is 368 g/mol. The van der Waals surface area contributed by atoms with Crippen molar-refractivity contribution in [1.82, 2.24) is 20.2 Å². The molecule has 2 aromatic rings. The summed E-state index contributed by atoms with van der Waals surface area (Å²) in [5, 5.41) is 12.0. The third-order valence-electron chi connectivity index (χ3n) is 5.09. The van der Waals surface area contributed by atoms with E-state index < -0.39 is 0 Å². The number of rotatable bonds is 7. The lowest BCUT2D eigenvalue weighted by atomic mass is 9.90. The van der Waals surface area contributed by atoms with E-state index in [4.69, 9.17) is 5.11 Å². The van der Waals surface area contributed by atoms with Crippen LogP contribution in [0.1, 0.15) is 52.6 Å². The van der Waals surface area contributed by atoms with Crippen LogP contribution in [0, 0.1) is 6.92 Å². The summed E-state index contributed by atoms with van der Waals surface area (Å²) in [7, 11) is 0. The van der Waals surface area contributed by atoms with Crippen molar-refractivity contribution >= 4 is 5.91 Å². The number of aliphatic hydroxyl groups is 1. The Morgan fingerprint density at radius 1 is 1.26 bits per heavy atom. The van der Waals surface area contributed by atoms with Crippen molar-refractivity contribution in [2.75, 3.05) is 26.2 Å². The molecule has 1 aromatic carbocycles. The molecule has 0 atom stereocenters. The van der Waals surface area contributed by atoms with Crippen molar-refractivity contribution < 1.29 is 9.90 Å². The molecule has 0 radical (unpaired) electrons. The summed E-state index contributed by atoms with van der Waals surface area (Å²) >= 11 is 0. The first-order valence-corrected chi connectivity index (χ1v) is 9.66. The van der Waals surface area contributed by atoms with Crippen LogP contribution in [-0.4, -0.2) is 52.1 Å². The number of amides is 1. The maximum Gasteiger partial charge on any atom is 0.254 e. The molecule has 1 saturated heterocycles. The molecule has 2 heterocycles. The third-order valence-corrected chi connectivity index (χ3v) is 5.09. The molecule has 1 amide bonds. The summed E-state index contributed by atoms with van der Waals surface area (Å²) in [6.45, 7) is 5.46. The van der Waals surface area contributed by atoms with Gasteiger partial charge in [0.2, 0.25) is 0 Å². The Morgan fingerprint density at radius 2 is 2.00 bits per heavy atom. The third kappa shape index (κ3) is 5.34. The highest BCUT2D eigenvalue weighted by Gasteiger charge is 2.26. The summed E-state index contributed by atoms with van der Waals surface area (Å²) in [5.74, 6) is 0.860. The molecule has 1 fully saturated rings. The van der Waals surface area contributed by atoms with Crippen LogP contribution in [0.15, 0.2) is 36.5 Å². The Labute approximate surface area is 160 Å². The van der Waals surface area contributed by atoms with E-state index in [-0.39, 0.29) is 18.4 Å². The van der Waals surface area contributed by atoms with E-state index >= 15 is 0 Å². The number of carbonyl (C=O) groups excluding carboxylic acids is 1. The molecular weight excluding hydrogens is 340 g/mol. The van der Waals surface area contributed by atoms with Gasteiger partial charge in [0.15, 0.2) is 0 Å². The molecule has 1 aromatic heterocycles. The van der Waals surface area contributed by atoms with Crippen molar-refractivity contribution in [2.45, 2.75) is 38.6 Å². The monoisotopic (exact) mass is 368 g/mol. The molecule has 6 heteroatoms. The molecule has 0 spiro atoms. The Bertz CT molecular complexity index is 743. The number of likely N-dealkylation sites (tertiary alicyclic amines) is 1. The fourth-order valence-electron chi connectivity index (χ4n) is 3.57. The summed E-state index contributed by atoms with van der Waals surface area (Å²) in [5.41, 5.74) is 2.53. The number of hydrogen-bond acceptors (Lipinski definition) is 5. The smallest absolute Gasteiger partial charge is 0.254 e. The number of nitrogens with zero attached hydrogens (tertiary/aromatic N) is 3. The van der Waals surface area contributed by atoms with Gasteiger partial charge in [-0.2, -0.15) is 0 Å². The molecule has 1 aliphatic heterocycles. The van der Waals surface area contributed by atoms with Gasteiger partial charge in [-0.25, -0.2) is 9.97 Å². The molecule has 0 saturated carbocycles. The van der Waals surface area contributed by atoms with Crippen LogP contribution in [0.2, 0.25) is 0 Å². The minimum Gasteiger partial charge on any atom is -0.396 e. The van der Waals surface area contributed by atoms with Gasteiger partial charge >= 0.3 is 0 Å². The second-order valence-electron chi connectivity index (χ2n) is 7.08. The first kappa shape index (κ1) is 19.5. The van der Waals surface area contributed by atoms with Crippen molar-refractivity contribution in [3.05, 3.63) is 59.2 Å². The first-order chi connectivity index (χ1) is 13.2. The summed E-state index contributed by atoms with van der Waals surface area (Å²) in [4.78, 5) is 24.0. The van der Waals surface area contributed by atoms with E-state index in [0.29, 0.717) is 17.9 Å². The predicted molar refractivity (Wildman–Crippen MR) is 104 cm³/mol. The number of aliphatic hydroxyl groups excluding tert-OH is 1. The molecule has 2 N–H and O–H groups in total. The van der Waals surface area contributed by atoms with Crippen LogP contribution in [0.5, 0.6) is 0 Å². The molecule has 0 bridgehead atoms. The van der Waals surface area contributed by atoms with E-state index in [1.54, 1.807) is 6.20 Å². The maximum absolute atomic E-state index is 12.8. The van der Waals surface area contributed by atoms with Gasteiger partial charge in [0.1, 0.15) is 5.82 Å². The lowest BCUT2D eigenvalue weighted by molar-refractivity contribution is 0.0947. The van der Waals surface area contributed by atoms with Crippen LogP contribution >= 0.6 is 0 Å². The van der Waals surface area contributed by atoms with Crippen LogP contribution in [0.25, 0.3) is 0 Å². The van der Waals surface area contributed by atoms with Crippen LogP contribution < -0.4 is 5.32 Å². The molecule has 6 nitrogen and oxygen atoms in total.